The van der Waals surface area contributed by atoms with Crippen molar-refractivity contribution in [3.8, 4) is 0 Å². The molecular formula is C17H26N4. The van der Waals surface area contributed by atoms with E-state index < -0.39 is 0 Å². The second-order valence-corrected chi connectivity index (χ2v) is 5.97. The van der Waals surface area contributed by atoms with E-state index in [4.69, 9.17) is 0 Å². The van der Waals surface area contributed by atoms with Gasteiger partial charge in [0.1, 0.15) is 0 Å². The maximum absolute atomic E-state index is 4.47. The first-order valence-corrected chi connectivity index (χ1v) is 8.23. The zero-order valence-corrected chi connectivity index (χ0v) is 12.8. The van der Waals surface area contributed by atoms with Gasteiger partial charge >= 0.3 is 0 Å². The molecule has 21 heavy (non-hydrogen) atoms. The molecule has 3 rings (SSSR count). The molecule has 4 heteroatoms. The van der Waals surface area contributed by atoms with Gasteiger partial charge in [-0.1, -0.05) is 30.7 Å². The summed E-state index contributed by atoms with van der Waals surface area (Å²) in [6.45, 7) is 6.39. The first-order valence-electron chi connectivity index (χ1n) is 8.23. The summed E-state index contributed by atoms with van der Waals surface area (Å²) in [5, 5.41) is 6.75. The van der Waals surface area contributed by atoms with Gasteiger partial charge in [0.15, 0.2) is 5.96 Å². The van der Waals surface area contributed by atoms with Crippen LogP contribution in [0.2, 0.25) is 0 Å². The molecule has 0 aliphatic carbocycles. The molecule has 1 aromatic rings. The Morgan fingerprint density at radius 3 is 2.62 bits per heavy atom. The van der Waals surface area contributed by atoms with Crippen LogP contribution in [-0.2, 0) is 13.1 Å². The van der Waals surface area contributed by atoms with Crippen LogP contribution in [0, 0.1) is 0 Å². The first-order chi connectivity index (χ1) is 10.4. The third-order valence-corrected chi connectivity index (χ3v) is 4.30. The Balaban J connectivity index is 1.60. The highest BCUT2D eigenvalue weighted by atomic mass is 15.2. The van der Waals surface area contributed by atoms with E-state index in [1.807, 2.05) is 0 Å². The zero-order chi connectivity index (χ0) is 14.3. The van der Waals surface area contributed by atoms with Crippen LogP contribution in [0.15, 0.2) is 29.3 Å². The smallest absolute Gasteiger partial charge is 0.191 e. The molecule has 0 aromatic heterocycles. The average Bonchev–Trinajstić information content (AvgIpc) is 2.56. The molecule has 1 aromatic carbocycles. The van der Waals surface area contributed by atoms with Crippen LogP contribution in [0.25, 0.3) is 0 Å². The lowest BCUT2D eigenvalue weighted by Crippen LogP contribution is -2.40. The van der Waals surface area contributed by atoms with Crippen LogP contribution in [0.1, 0.15) is 36.8 Å². The molecule has 0 atom stereocenters. The molecule has 2 heterocycles. The number of aliphatic imine (C=N–C) groups is 1. The summed E-state index contributed by atoms with van der Waals surface area (Å²) in [5.41, 5.74) is 2.83. The molecule has 1 fully saturated rings. The molecule has 0 bridgehead atoms. The van der Waals surface area contributed by atoms with Gasteiger partial charge in [0.05, 0.1) is 0 Å². The highest BCUT2D eigenvalue weighted by Gasteiger charge is 2.12. The predicted octanol–water partition coefficient (Wildman–Crippen LogP) is 2.11. The van der Waals surface area contributed by atoms with Gasteiger partial charge in [0.2, 0.25) is 0 Å². The largest absolute Gasteiger partial charge is 0.356 e. The lowest BCUT2D eigenvalue weighted by Gasteiger charge is -2.27. The molecule has 4 nitrogen and oxygen atoms in total. The Morgan fingerprint density at radius 1 is 1.05 bits per heavy atom. The number of guanidine groups is 1. The summed E-state index contributed by atoms with van der Waals surface area (Å²) >= 11 is 0. The topological polar surface area (TPSA) is 39.7 Å². The number of benzene rings is 1. The Hall–Kier alpha value is -1.55. The molecule has 0 saturated carbocycles. The van der Waals surface area contributed by atoms with Crippen molar-refractivity contribution in [3.05, 3.63) is 35.4 Å². The Morgan fingerprint density at radius 2 is 1.86 bits per heavy atom. The fraction of sp³-hybridized carbons (Fsp3) is 0.588. The lowest BCUT2D eigenvalue weighted by atomic mass is 10.0. The monoisotopic (exact) mass is 286 g/mol. The van der Waals surface area contributed by atoms with Crippen molar-refractivity contribution in [1.82, 2.24) is 15.5 Å². The van der Waals surface area contributed by atoms with E-state index in [0.29, 0.717) is 0 Å². The van der Waals surface area contributed by atoms with Gasteiger partial charge in [0, 0.05) is 26.2 Å². The van der Waals surface area contributed by atoms with Gasteiger partial charge in [-0.2, -0.15) is 0 Å². The second kappa shape index (κ2) is 7.46. The summed E-state index contributed by atoms with van der Waals surface area (Å²) in [6.07, 6.45) is 5.23. The Labute approximate surface area is 127 Å². The van der Waals surface area contributed by atoms with Crippen LogP contribution >= 0.6 is 0 Å². The van der Waals surface area contributed by atoms with E-state index in [9.17, 15) is 0 Å². The first kappa shape index (κ1) is 14.4. The zero-order valence-electron chi connectivity index (χ0n) is 12.8. The summed E-state index contributed by atoms with van der Waals surface area (Å²) < 4.78 is 0. The highest BCUT2D eigenvalue weighted by Crippen LogP contribution is 2.16. The van der Waals surface area contributed by atoms with Crippen molar-refractivity contribution in [3.63, 3.8) is 0 Å². The van der Waals surface area contributed by atoms with Crippen molar-refractivity contribution in [2.75, 3.05) is 26.2 Å². The van der Waals surface area contributed by atoms with Crippen LogP contribution in [0.4, 0.5) is 0 Å². The third-order valence-electron chi connectivity index (χ3n) is 4.30. The van der Waals surface area contributed by atoms with E-state index in [2.05, 4.69) is 44.8 Å². The summed E-state index contributed by atoms with van der Waals surface area (Å²) in [6, 6.07) is 8.78. The molecule has 0 radical (unpaired) electrons. The molecule has 0 amide bonds. The van der Waals surface area contributed by atoms with Crippen LogP contribution in [0.5, 0.6) is 0 Å². The van der Waals surface area contributed by atoms with Crippen molar-refractivity contribution >= 4 is 5.96 Å². The number of hydrogen-bond acceptors (Lipinski definition) is 4. The Bertz CT molecular complexity index is 477. The molecule has 0 unspecified atom stereocenters. The van der Waals surface area contributed by atoms with Gasteiger partial charge in [0.25, 0.3) is 0 Å². The molecule has 2 N–H and O–H groups in total. The van der Waals surface area contributed by atoms with Crippen molar-refractivity contribution < 1.29 is 0 Å². The maximum atomic E-state index is 4.47. The minimum Gasteiger partial charge on any atom is -0.356 e. The van der Waals surface area contributed by atoms with Gasteiger partial charge in [-0.15, -0.1) is 0 Å². The summed E-state index contributed by atoms with van der Waals surface area (Å²) in [5.74, 6) is 0.953. The molecule has 2 aliphatic rings. The summed E-state index contributed by atoms with van der Waals surface area (Å²) in [4.78, 5) is 7.06. The number of hydrogen-bond donors (Lipinski definition) is 2. The van der Waals surface area contributed by atoms with Crippen molar-refractivity contribution in [1.29, 1.82) is 0 Å². The predicted molar refractivity (Wildman–Crippen MR) is 87.3 cm³/mol. The number of nitrogens with zero attached hydrogens (tertiary/aromatic N) is 2. The number of piperidine rings is 1. The fourth-order valence-electron chi connectivity index (χ4n) is 3.07. The Kier molecular flexibility index (Phi) is 5.11. The summed E-state index contributed by atoms with van der Waals surface area (Å²) in [7, 11) is 0. The van der Waals surface area contributed by atoms with E-state index in [-0.39, 0.29) is 0 Å². The van der Waals surface area contributed by atoms with Crippen LogP contribution in [-0.4, -0.2) is 37.0 Å². The molecule has 114 valence electrons. The van der Waals surface area contributed by atoms with Gasteiger partial charge < -0.3 is 10.6 Å². The van der Waals surface area contributed by atoms with Gasteiger partial charge in [-0.25, -0.2) is 0 Å². The SMILES string of the molecule is c1ccc(CN2CCCCC2)c(CNC2=NCCCN2)c1. The standard InChI is InChI=1S/C17H26N4/c1-4-11-21(12-5-1)14-16-8-3-2-7-15(16)13-20-17-18-9-6-10-19-17/h2-3,7-8H,1,4-6,9-14H2,(H2,18,19,20). The molecular weight excluding hydrogens is 260 g/mol. The molecule has 2 aliphatic heterocycles. The maximum Gasteiger partial charge on any atom is 0.191 e. The molecule has 0 spiro atoms. The van der Waals surface area contributed by atoms with Crippen molar-refractivity contribution in [2.24, 2.45) is 4.99 Å². The quantitative estimate of drug-likeness (QED) is 0.890. The van der Waals surface area contributed by atoms with Gasteiger partial charge in [-0.05, 0) is 43.5 Å². The normalized spacial score (nSPS) is 19.7. The van der Waals surface area contributed by atoms with E-state index in [1.165, 1.54) is 43.5 Å². The second-order valence-electron chi connectivity index (χ2n) is 5.97. The van der Waals surface area contributed by atoms with E-state index in [1.54, 1.807) is 0 Å². The minimum atomic E-state index is 0.857. The van der Waals surface area contributed by atoms with Gasteiger partial charge in [-0.3, -0.25) is 9.89 Å². The number of rotatable bonds is 4. The van der Waals surface area contributed by atoms with Crippen LogP contribution in [0.3, 0.4) is 0 Å². The molecule has 1 saturated heterocycles. The lowest BCUT2D eigenvalue weighted by molar-refractivity contribution is 0.220. The minimum absolute atomic E-state index is 0.857. The van der Waals surface area contributed by atoms with Crippen molar-refractivity contribution in [2.45, 2.75) is 38.8 Å². The average molecular weight is 286 g/mol. The van der Waals surface area contributed by atoms with Crippen LogP contribution < -0.4 is 10.6 Å². The highest BCUT2D eigenvalue weighted by molar-refractivity contribution is 5.80. The van der Waals surface area contributed by atoms with E-state index in [0.717, 1.165) is 38.6 Å². The number of likely N-dealkylation sites (tertiary alicyclic amines) is 1. The van der Waals surface area contributed by atoms with E-state index >= 15 is 0 Å². The third kappa shape index (κ3) is 4.21. The number of nitrogens with one attached hydrogen (secondary N) is 2. The fourth-order valence-corrected chi connectivity index (χ4v) is 3.07.